The Kier molecular flexibility index (Phi) is 13.1. The first-order chi connectivity index (χ1) is 9.18. The van der Waals surface area contributed by atoms with Gasteiger partial charge in [0.2, 0.25) is 0 Å². The molecule has 0 amide bonds. The first-order valence-electron chi connectivity index (χ1n) is 7.87. The molecule has 0 fully saturated rings. The van der Waals surface area contributed by atoms with Gasteiger partial charge in [-0.3, -0.25) is 0 Å². The van der Waals surface area contributed by atoms with Crippen LogP contribution in [0.4, 0.5) is 0 Å². The van der Waals surface area contributed by atoms with Crippen molar-refractivity contribution in [2.45, 2.75) is 58.5 Å². The highest BCUT2D eigenvalue weighted by Gasteiger charge is 2.29. The van der Waals surface area contributed by atoms with Gasteiger partial charge in [-0.05, 0) is 65.3 Å². The molecular formula is C14H34N2O2Si. The van der Waals surface area contributed by atoms with Gasteiger partial charge in [-0.25, -0.2) is 0 Å². The Hall–Kier alpha value is 0.0569. The molecule has 0 aromatic rings. The van der Waals surface area contributed by atoms with E-state index < -0.39 is 8.56 Å². The number of unbranched alkanes of at least 4 members (excludes halogenated alkanes) is 3. The zero-order valence-electron chi connectivity index (χ0n) is 13.2. The number of rotatable bonds is 14. The topological polar surface area (TPSA) is 56.5 Å². The van der Waals surface area contributed by atoms with Crippen LogP contribution in [0, 0.1) is 0 Å². The van der Waals surface area contributed by atoms with Gasteiger partial charge < -0.3 is 19.9 Å². The molecule has 3 N–H and O–H groups in total. The van der Waals surface area contributed by atoms with Crippen molar-refractivity contribution < 1.29 is 8.85 Å². The monoisotopic (exact) mass is 290 g/mol. The number of nitrogens with one attached hydrogen (secondary N) is 1. The van der Waals surface area contributed by atoms with Gasteiger partial charge in [0.15, 0.2) is 0 Å². The summed E-state index contributed by atoms with van der Waals surface area (Å²) in [4.78, 5) is 0. The lowest BCUT2D eigenvalue weighted by Crippen LogP contribution is -2.39. The molecule has 0 saturated carbocycles. The molecule has 4 nitrogen and oxygen atoms in total. The molecule has 116 valence electrons. The van der Waals surface area contributed by atoms with Gasteiger partial charge in [0, 0.05) is 13.2 Å². The van der Waals surface area contributed by atoms with Crippen molar-refractivity contribution in [2.75, 3.05) is 32.8 Å². The lowest BCUT2D eigenvalue weighted by atomic mass is 10.2. The van der Waals surface area contributed by atoms with E-state index in [4.69, 9.17) is 14.6 Å². The fourth-order valence-corrected chi connectivity index (χ4v) is 4.62. The fraction of sp³-hybridized carbons (Fsp3) is 1.00. The molecule has 0 aliphatic rings. The minimum atomic E-state index is -1.89. The lowest BCUT2D eigenvalue weighted by Gasteiger charge is -2.25. The molecule has 0 aliphatic carbocycles. The van der Waals surface area contributed by atoms with Crippen LogP contribution in [0.2, 0.25) is 12.6 Å². The summed E-state index contributed by atoms with van der Waals surface area (Å²) in [7, 11) is -1.89. The summed E-state index contributed by atoms with van der Waals surface area (Å²) in [5.41, 5.74) is 5.46. The highest BCUT2D eigenvalue weighted by molar-refractivity contribution is 6.66. The molecule has 0 rings (SSSR count). The maximum Gasteiger partial charge on any atom is 0.334 e. The van der Waals surface area contributed by atoms with Crippen LogP contribution < -0.4 is 11.1 Å². The Bertz CT molecular complexity index is 188. The molecule has 0 atom stereocenters. The summed E-state index contributed by atoms with van der Waals surface area (Å²) >= 11 is 0. The second-order valence-electron chi connectivity index (χ2n) is 5.06. The molecule has 5 heteroatoms. The maximum atomic E-state index is 5.82. The Labute approximate surface area is 120 Å². The van der Waals surface area contributed by atoms with Gasteiger partial charge in [-0.15, -0.1) is 0 Å². The Morgan fingerprint density at radius 3 is 2.05 bits per heavy atom. The summed E-state index contributed by atoms with van der Waals surface area (Å²) in [6, 6.07) is 1.08. The van der Waals surface area contributed by atoms with Gasteiger partial charge in [-0.2, -0.15) is 0 Å². The van der Waals surface area contributed by atoms with E-state index in [1.165, 1.54) is 19.3 Å². The van der Waals surface area contributed by atoms with Crippen molar-refractivity contribution in [3.05, 3.63) is 0 Å². The van der Waals surface area contributed by atoms with E-state index in [1.807, 2.05) is 13.8 Å². The summed E-state index contributed by atoms with van der Waals surface area (Å²) in [5, 5.41) is 3.50. The van der Waals surface area contributed by atoms with E-state index in [1.54, 1.807) is 0 Å². The number of hydrogen-bond donors (Lipinski definition) is 2. The lowest BCUT2D eigenvalue weighted by molar-refractivity contribution is 0.188. The maximum absolute atomic E-state index is 5.82. The van der Waals surface area contributed by atoms with Crippen molar-refractivity contribution in [2.24, 2.45) is 5.73 Å². The fourth-order valence-electron chi connectivity index (χ4n) is 2.20. The van der Waals surface area contributed by atoms with E-state index in [0.717, 1.165) is 51.7 Å². The molecule has 0 saturated heterocycles. The Balaban J connectivity index is 3.44. The van der Waals surface area contributed by atoms with Gasteiger partial charge in [0.25, 0.3) is 0 Å². The molecule has 0 aromatic carbocycles. The molecule has 0 radical (unpaired) electrons. The first kappa shape index (κ1) is 19.1. The van der Waals surface area contributed by atoms with E-state index in [0.29, 0.717) is 0 Å². The Morgan fingerprint density at radius 2 is 1.47 bits per heavy atom. The highest BCUT2D eigenvalue weighted by Crippen LogP contribution is 2.15. The van der Waals surface area contributed by atoms with Crippen LogP contribution in [0.15, 0.2) is 0 Å². The largest absolute Gasteiger partial charge is 0.395 e. The quantitative estimate of drug-likeness (QED) is 0.381. The van der Waals surface area contributed by atoms with Crippen molar-refractivity contribution in [1.82, 2.24) is 5.32 Å². The molecule has 0 unspecified atom stereocenters. The van der Waals surface area contributed by atoms with E-state index in [-0.39, 0.29) is 0 Å². The molecule has 0 aliphatic heterocycles. The van der Waals surface area contributed by atoms with Crippen LogP contribution in [-0.4, -0.2) is 41.4 Å². The van der Waals surface area contributed by atoms with E-state index in [2.05, 4.69) is 11.9 Å². The smallest absolute Gasteiger partial charge is 0.334 e. The normalized spacial score (nSPS) is 12.0. The van der Waals surface area contributed by atoms with Crippen molar-refractivity contribution in [3.63, 3.8) is 0 Å². The molecule has 0 heterocycles. The van der Waals surface area contributed by atoms with Gasteiger partial charge in [-0.1, -0.05) is 12.8 Å². The minimum Gasteiger partial charge on any atom is -0.395 e. The van der Waals surface area contributed by atoms with Gasteiger partial charge >= 0.3 is 8.56 Å². The van der Waals surface area contributed by atoms with Gasteiger partial charge in [0.05, 0.1) is 0 Å². The zero-order valence-corrected chi connectivity index (χ0v) is 14.2. The van der Waals surface area contributed by atoms with Crippen LogP contribution in [0.25, 0.3) is 0 Å². The molecule has 0 bridgehead atoms. The summed E-state index contributed by atoms with van der Waals surface area (Å²) in [5.74, 6) is 0. The van der Waals surface area contributed by atoms with Crippen molar-refractivity contribution in [1.29, 1.82) is 0 Å². The average molecular weight is 291 g/mol. The summed E-state index contributed by atoms with van der Waals surface area (Å²) < 4.78 is 11.6. The molecule has 0 spiro atoms. The Morgan fingerprint density at radius 1 is 0.895 bits per heavy atom. The third-order valence-corrected chi connectivity index (χ3v) is 6.25. The van der Waals surface area contributed by atoms with E-state index in [9.17, 15) is 0 Å². The summed E-state index contributed by atoms with van der Waals surface area (Å²) in [6.45, 7) is 10.8. The number of hydrogen-bond acceptors (Lipinski definition) is 4. The van der Waals surface area contributed by atoms with Gasteiger partial charge in [0.1, 0.15) is 0 Å². The molecule has 19 heavy (non-hydrogen) atoms. The predicted molar refractivity (Wildman–Crippen MR) is 84.7 cm³/mol. The van der Waals surface area contributed by atoms with Crippen LogP contribution in [-0.2, 0) is 8.85 Å². The third-order valence-electron chi connectivity index (χ3n) is 3.19. The van der Waals surface area contributed by atoms with Crippen LogP contribution in [0.5, 0.6) is 0 Å². The minimum absolute atomic E-state index is 0.761. The van der Waals surface area contributed by atoms with Crippen molar-refractivity contribution in [3.8, 4) is 0 Å². The first-order valence-corrected chi connectivity index (χ1v) is 10.4. The second-order valence-corrected chi connectivity index (χ2v) is 8.40. The SMILES string of the molecule is CCO[Si](C)(CCCNCCCCCCN)OCC. The van der Waals surface area contributed by atoms with Crippen molar-refractivity contribution >= 4 is 8.56 Å². The predicted octanol–water partition coefficient (Wildman–Crippen LogP) is 2.63. The van der Waals surface area contributed by atoms with Crippen LogP contribution in [0.1, 0.15) is 46.0 Å². The highest BCUT2D eigenvalue weighted by atomic mass is 28.4. The zero-order chi connectivity index (χ0) is 14.4. The molecule has 0 aromatic heterocycles. The van der Waals surface area contributed by atoms with Crippen LogP contribution in [0.3, 0.4) is 0 Å². The van der Waals surface area contributed by atoms with Crippen LogP contribution >= 0.6 is 0 Å². The number of nitrogens with two attached hydrogens (primary N) is 1. The summed E-state index contributed by atoms with van der Waals surface area (Å²) in [6.07, 6.45) is 6.11. The average Bonchev–Trinajstić information content (AvgIpc) is 2.37. The standard InChI is InChI=1S/C14H34N2O2Si/c1-4-17-19(3,18-5-2)14-10-13-16-12-9-7-6-8-11-15/h16H,4-15H2,1-3H3. The third kappa shape index (κ3) is 11.6. The molecular weight excluding hydrogens is 256 g/mol. The van der Waals surface area contributed by atoms with E-state index >= 15 is 0 Å². The second kappa shape index (κ2) is 13.1.